The predicted octanol–water partition coefficient (Wildman–Crippen LogP) is 3.26. The lowest BCUT2D eigenvalue weighted by Crippen LogP contribution is -2.41. The highest BCUT2D eigenvalue weighted by Crippen LogP contribution is 2.22. The van der Waals surface area contributed by atoms with Crippen LogP contribution in [0.15, 0.2) is 67.3 Å². The Bertz CT molecular complexity index is 1260. The number of amides is 2. The van der Waals surface area contributed by atoms with Crippen molar-refractivity contribution in [2.24, 2.45) is 5.92 Å². The summed E-state index contributed by atoms with van der Waals surface area (Å²) in [6, 6.07) is 12.2. The third-order valence-corrected chi connectivity index (χ3v) is 6.88. The summed E-state index contributed by atoms with van der Waals surface area (Å²) >= 11 is 0. The highest BCUT2D eigenvalue weighted by Gasteiger charge is 2.21. The second-order valence-corrected chi connectivity index (χ2v) is 9.91. The summed E-state index contributed by atoms with van der Waals surface area (Å²) < 4.78 is 16.6. The van der Waals surface area contributed by atoms with E-state index in [0.717, 1.165) is 50.3 Å². The number of urea groups is 1. The van der Waals surface area contributed by atoms with Crippen molar-refractivity contribution < 1.29 is 13.9 Å². The highest BCUT2D eigenvalue weighted by molar-refractivity contribution is 5.90. The van der Waals surface area contributed by atoms with Crippen LogP contribution in [-0.4, -0.2) is 61.9 Å². The van der Waals surface area contributed by atoms with Gasteiger partial charge in [-0.1, -0.05) is 22.6 Å². The summed E-state index contributed by atoms with van der Waals surface area (Å²) in [4.78, 5) is 15.3. The van der Waals surface area contributed by atoms with Gasteiger partial charge in [-0.2, -0.15) is 0 Å². The smallest absolute Gasteiger partial charge is 0.319 e. The van der Waals surface area contributed by atoms with Gasteiger partial charge in [0.2, 0.25) is 6.20 Å². The third kappa shape index (κ3) is 6.80. The average Bonchev–Trinajstić information content (AvgIpc) is 3.64. The van der Waals surface area contributed by atoms with E-state index in [1.54, 1.807) is 34.2 Å². The second kappa shape index (κ2) is 12.0. The largest absolute Gasteiger partial charge is 0.335 e. The molecule has 4 aromatic rings. The number of nitrogens with zero attached hydrogens (tertiary/aromatic N) is 6. The van der Waals surface area contributed by atoms with Gasteiger partial charge >= 0.3 is 6.03 Å². The Kier molecular flexibility index (Phi) is 8.03. The van der Waals surface area contributed by atoms with Crippen molar-refractivity contribution >= 4 is 11.7 Å². The van der Waals surface area contributed by atoms with Gasteiger partial charge in [-0.3, -0.25) is 0 Å². The molecule has 2 atom stereocenters. The van der Waals surface area contributed by atoms with Crippen LogP contribution in [0.3, 0.4) is 0 Å². The normalized spacial score (nSPS) is 16.7. The van der Waals surface area contributed by atoms with Crippen molar-refractivity contribution in [2.45, 2.75) is 38.6 Å². The first-order valence-electron chi connectivity index (χ1n) is 13.0. The fourth-order valence-electron chi connectivity index (χ4n) is 4.97. The lowest BCUT2D eigenvalue weighted by molar-refractivity contribution is -0.659. The summed E-state index contributed by atoms with van der Waals surface area (Å²) in [5.74, 6) is 0.379. The number of aromatic nitrogens is 6. The SMILES string of the molecule is C[C@H](CCN1CCC[C@@H](Cc2ccc(F)cc2)C1)NC(=O)Nc1cc(-n2ccnn2)cc(-[n+]2ccn[nH]2)c1. The van der Waals surface area contributed by atoms with Crippen molar-refractivity contribution in [2.75, 3.05) is 25.0 Å². The Morgan fingerprint density at radius 2 is 2.11 bits per heavy atom. The van der Waals surface area contributed by atoms with Crippen molar-refractivity contribution in [3.05, 3.63) is 78.6 Å². The van der Waals surface area contributed by atoms with E-state index < -0.39 is 0 Å². The molecule has 1 aliphatic heterocycles. The molecule has 2 amide bonds. The summed E-state index contributed by atoms with van der Waals surface area (Å²) in [6.45, 7) is 5.04. The van der Waals surface area contributed by atoms with Gasteiger partial charge in [0.25, 0.3) is 0 Å². The molecule has 10 nitrogen and oxygen atoms in total. The van der Waals surface area contributed by atoms with Crippen LogP contribution >= 0.6 is 0 Å². The minimum absolute atomic E-state index is 0.00688. The fourth-order valence-corrected chi connectivity index (χ4v) is 4.97. The van der Waals surface area contributed by atoms with Gasteiger partial charge in [0.05, 0.1) is 18.1 Å². The van der Waals surface area contributed by atoms with Crippen LogP contribution in [0, 0.1) is 11.7 Å². The Hall–Kier alpha value is -4.12. The molecule has 0 saturated carbocycles. The van der Waals surface area contributed by atoms with Crippen LogP contribution in [0.4, 0.5) is 14.9 Å². The molecule has 1 aliphatic rings. The number of anilines is 1. The Labute approximate surface area is 220 Å². The molecule has 0 aliphatic carbocycles. The number of hydrogen-bond acceptors (Lipinski definition) is 5. The Morgan fingerprint density at radius 1 is 1.24 bits per heavy atom. The van der Waals surface area contributed by atoms with Crippen LogP contribution in [-0.2, 0) is 6.42 Å². The molecule has 2 aromatic carbocycles. The number of aromatic amines is 1. The molecular formula is C27H33FN9O+. The molecular weight excluding hydrogens is 485 g/mol. The summed E-state index contributed by atoms with van der Waals surface area (Å²) in [6.07, 6.45) is 11.0. The summed E-state index contributed by atoms with van der Waals surface area (Å²) in [7, 11) is 0. The van der Waals surface area contributed by atoms with E-state index in [1.807, 2.05) is 37.3 Å². The minimum atomic E-state index is -0.262. The van der Waals surface area contributed by atoms with E-state index in [-0.39, 0.29) is 17.9 Å². The van der Waals surface area contributed by atoms with E-state index in [2.05, 4.69) is 36.2 Å². The van der Waals surface area contributed by atoms with E-state index in [9.17, 15) is 9.18 Å². The first-order valence-corrected chi connectivity index (χ1v) is 13.0. The molecule has 3 heterocycles. The highest BCUT2D eigenvalue weighted by atomic mass is 19.1. The number of rotatable bonds is 9. The van der Waals surface area contributed by atoms with Crippen molar-refractivity contribution in [3.63, 3.8) is 0 Å². The van der Waals surface area contributed by atoms with Gasteiger partial charge in [0.15, 0.2) is 11.9 Å². The quantitative estimate of drug-likeness (QED) is 0.295. The molecule has 38 heavy (non-hydrogen) atoms. The lowest BCUT2D eigenvalue weighted by Gasteiger charge is -2.33. The van der Waals surface area contributed by atoms with E-state index >= 15 is 0 Å². The summed E-state index contributed by atoms with van der Waals surface area (Å²) in [5.41, 5.74) is 3.36. The number of carbonyl (C=O) groups is 1. The van der Waals surface area contributed by atoms with Crippen LogP contribution in [0.2, 0.25) is 0 Å². The number of piperidine rings is 1. The number of likely N-dealkylation sites (tertiary alicyclic amines) is 1. The van der Waals surface area contributed by atoms with Gasteiger partial charge < -0.3 is 15.5 Å². The van der Waals surface area contributed by atoms with Crippen molar-refractivity contribution in [3.8, 4) is 11.4 Å². The number of halogens is 1. The standard InChI is InChI=1S/C27H32FN9O/c1-20(8-12-35-11-2-3-22(19-35)15-21-4-6-23(28)7-5-21)31-27(38)32-24-16-25(36-13-9-29-33-36)18-26(17-24)37-14-10-30-34-37/h4-7,9-10,13-14,16-18,20,22H,2-3,8,11-12,15,19H2,1H3,(H2,31,32,38)/p+1/t20-,22+/m1/s1. The molecule has 0 spiro atoms. The Balaban J connectivity index is 1.13. The van der Waals surface area contributed by atoms with Crippen LogP contribution in [0.5, 0.6) is 0 Å². The van der Waals surface area contributed by atoms with Crippen LogP contribution in [0.1, 0.15) is 31.7 Å². The fraction of sp³-hybridized carbons (Fsp3) is 0.370. The third-order valence-electron chi connectivity index (χ3n) is 6.88. The van der Waals surface area contributed by atoms with E-state index in [4.69, 9.17) is 0 Å². The van der Waals surface area contributed by atoms with Crippen LogP contribution in [0.25, 0.3) is 11.4 Å². The number of hydrogen-bond donors (Lipinski definition) is 3. The van der Waals surface area contributed by atoms with Crippen LogP contribution < -0.4 is 15.3 Å². The molecule has 198 valence electrons. The predicted molar refractivity (Wildman–Crippen MR) is 141 cm³/mol. The number of nitrogens with one attached hydrogen (secondary N) is 3. The monoisotopic (exact) mass is 518 g/mol. The molecule has 11 heteroatoms. The molecule has 1 saturated heterocycles. The first kappa shape index (κ1) is 25.5. The first-order chi connectivity index (χ1) is 18.5. The van der Waals surface area contributed by atoms with Crippen molar-refractivity contribution in [1.29, 1.82) is 0 Å². The molecule has 0 unspecified atom stereocenters. The number of benzene rings is 2. The molecule has 0 bridgehead atoms. The zero-order chi connectivity index (χ0) is 26.3. The zero-order valence-corrected chi connectivity index (χ0v) is 21.4. The van der Waals surface area contributed by atoms with Gasteiger partial charge in [0, 0.05) is 42.1 Å². The topological polar surface area (TPSA) is 108 Å². The number of carbonyl (C=O) groups excluding carboxylic acids is 1. The Morgan fingerprint density at radius 3 is 2.87 bits per heavy atom. The molecule has 2 aromatic heterocycles. The van der Waals surface area contributed by atoms with Crippen molar-refractivity contribution in [1.82, 2.24) is 35.5 Å². The molecule has 5 rings (SSSR count). The van der Waals surface area contributed by atoms with Gasteiger partial charge in [-0.25, -0.2) is 13.9 Å². The maximum Gasteiger partial charge on any atom is 0.319 e. The summed E-state index contributed by atoms with van der Waals surface area (Å²) in [5, 5.41) is 20.8. The van der Waals surface area contributed by atoms with Gasteiger partial charge in [-0.05, 0) is 68.8 Å². The molecule has 0 radical (unpaired) electrons. The maximum absolute atomic E-state index is 13.2. The zero-order valence-electron chi connectivity index (χ0n) is 21.4. The molecule has 1 fully saturated rings. The average molecular weight is 519 g/mol. The minimum Gasteiger partial charge on any atom is -0.335 e. The van der Waals surface area contributed by atoms with E-state index in [0.29, 0.717) is 11.6 Å². The van der Waals surface area contributed by atoms with E-state index in [1.165, 1.54) is 24.1 Å². The van der Waals surface area contributed by atoms with Gasteiger partial charge in [-0.15, -0.1) is 9.78 Å². The lowest BCUT2D eigenvalue weighted by atomic mass is 9.91. The van der Waals surface area contributed by atoms with Gasteiger partial charge in [0.1, 0.15) is 5.82 Å². The maximum atomic E-state index is 13.2. The second-order valence-electron chi connectivity index (χ2n) is 9.91. The molecule has 3 N–H and O–H groups in total. The number of H-pyrrole nitrogens is 1.